The fourth-order valence-electron chi connectivity index (χ4n) is 1.11. The van der Waals surface area contributed by atoms with Gasteiger partial charge in [-0.2, -0.15) is 0 Å². The fraction of sp³-hybridized carbons (Fsp3) is 0. The largest absolute Gasteiger partial charge is 0.476 e. The first-order valence-electron chi connectivity index (χ1n) is 4.08. The van der Waals surface area contributed by atoms with Crippen LogP contribution in [0.25, 0.3) is 5.69 Å². The second kappa shape index (κ2) is 3.82. The van der Waals surface area contributed by atoms with Crippen LogP contribution in [0.2, 0.25) is 0 Å². The molecule has 6 heteroatoms. The maximum absolute atomic E-state index is 10.6. The van der Waals surface area contributed by atoms with Crippen LogP contribution in [0.3, 0.4) is 0 Å². The predicted molar refractivity (Wildman–Crippen MR) is 56.0 cm³/mol. The number of carboxylic acid groups (broad SMARTS) is 1. The molecule has 0 aliphatic heterocycles. The zero-order chi connectivity index (χ0) is 10.8. The molecular weight excluding hydrogens is 262 g/mol. The first kappa shape index (κ1) is 9.85. The second-order valence-corrected chi connectivity index (χ2v) is 3.75. The number of benzene rings is 1. The Balaban J connectivity index is 2.41. The molecule has 0 radical (unpaired) electrons. The van der Waals surface area contributed by atoms with Crippen LogP contribution in [0.1, 0.15) is 10.5 Å². The third-order valence-corrected chi connectivity index (χ3v) is 2.28. The number of hydrogen-bond acceptors (Lipinski definition) is 3. The van der Waals surface area contributed by atoms with E-state index in [1.807, 2.05) is 24.3 Å². The van der Waals surface area contributed by atoms with Crippen LogP contribution >= 0.6 is 15.9 Å². The van der Waals surface area contributed by atoms with Crippen molar-refractivity contribution in [2.75, 3.05) is 0 Å². The number of aromatic nitrogens is 3. The average molecular weight is 268 g/mol. The average Bonchev–Trinajstić information content (AvgIpc) is 2.66. The molecule has 15 heavy (non-hydrogen) atoms. The number of nitrogens with zero attached hydrogens (tertiary/aromatic N) is 3. The fourth-order valence-corrected chi connectivity index (χ4v) is 1.49. The van der Waals surface area contributed by atoms with Gasteiger partial charge in [0.1, 0.15) is 0 Å². The van der Waals surface area contributed by atoms with Crippen molar-refractivity contribution in [2.45, 2.75) is 0 Å². The van der Waals surface area contributed by atoms with Crippen molar-refractivity contribution in [2.24, 2.45) is 0 Å². The van der Waals surface area contributed by atoms with E-state index in [4.69, 9.17) is 5.11 Å². The molecule has 0 spiro atoms. The van der Waals surface area contributed by atoms with Gasteiger partial charge in [0.15, 0.2) is 5.69 Å². The summed E-state index contributed by atoms with van der Waals surface area (Å²) in [6.07, 6.45) is 1.37. The van der Waals surface area contributed by atoms with Crippen molar-refractivity contribution in [1.29, 1.82) is 0 Å². The van der Waals surface area contributed by atoms with E-state index in [0.29, 0.717) is 0 Å². The van der Waals surface area contributed by atoms with Crippen LogP contribution in [0, 0.1) is 0 Å². The Morgan fingerprint density at radius 1 is 1.47 bits per heavy atom. The summed E-state index contributed by atoms with van der Waals surface area (Å²) in [5, 5.41) is 15.9. The SMILES string of the molecule is O=C(O)c1cn(-c2cccc(Br)c2)nn1. The smallest absolute Gasteiger partial charge is 0.358 e. The Labute approximate surface area is 93.5 Å². The highest BCUT2D eigenvalue weighted by Crippen LogP contribution is 2.14. The van der Waals surface area contributed by atoms with Crippen molar-refractivity contribution in [3.05, 3.63) is 40.6 Å². The highest BCUT2D eigenvalue weighted by atomic mass is 79.9. The first-order chi connectivity index (χ1) is 7.16. The van der Waals surface area contributed by atoms with Crippen molar-refractivity contribution in [3.63, 3.8) is 0 Å². The van der Waals surface area contributed by atoms with E-state index >= 15 is 0 Å². The highest BCUT2D eigenvalue weighted by Gasteiger charge is 2.08. The lowest BCUT2D eigenvalue weighted by Crippen LogP contribution is -1.95. The lowest BCUT2D eigenvalue weighted by atomic mass is 10.3. The summed E-state index contributed by atoms with van der Waals surface area (Å²) in [6.45, 7) is 0. The Bertz CT molecular complexity index is 510. The standard InChI is InChI=1S/C9H6BrN3O2/c10-6-2-1-3-7(4-6)13-5-8(9(14)15)11-12-13/h1-5H,(H,14,15). The number of carbonyl (C=O) groups is 1. The summed E-state index contributed by atoms with van der Waals surface area (Å²) < 4.78 is 2.31. The molecule has 0 amide bonds. The van der Waals surface area contributed by atoms with Crippen molar-refractivity contribution in [1.82, 2.24) is 15.0 Å². The minimum atomic E-state index is -1.09. The third-order valence-electron chi connectivity index (χ3n) is 1.79. The van der Waals surface area contributed by atoms with Gasteiger partial charge < -0.3 is 5.11 Å². The third kappa shape index (κ3) is 2.04. The van der Waals surface area contributed by atoms with Gasteiger partial charge in [-0.15, -0.1) is 5.10 Å². The molecule has 76 valence electrons. The summed E-state index contributed by atoms with van der Waals surface area (Å²) in [6, 6.07) is 7.34. The molecule has 1 aromatic carbocycles. The number of halogens is 1. The van der Waals surface area contributed by atoms with Gasteiger partial charge in [0.05, 0.1) is 11.9 Å². The molecular formula is C9H6BrN3O2. The van der Waals surface area contributed by atoms with Crippen LogP contribution < -0.4 is 0 Å². The van der Waals surface area contributed by atoms with E-state index in [0.717, 1.165) is 10.2 Å². The van der Waals surface area contributed by atoms with Crippen LogP contribution in [-0.2, 0) is 0 Å². The zero-order valence-electron chi connectivity index (χ0n) is 7.46. The van der Waals surface area contributed by atoms with Gasteiger partial charge in [-0.05, 0) is 18.2 Å². The molecule has 0 aliphatic rings. The summed E-state index contributed by atoms with van der Waals surface area (Å²) in [5.41, 5.74) is 0.680. The molecule has 2 aromatic rings. The van der Waals surface area contributed by atoms with Gasteiger partial charge >= 0.3 is 5.97 Å². The number of aromatic carboxylic acids is 1. The summed E-state index contributed by atoms with van der Waals surface area (Å²) in [5.74, 6) is -1.09. The topological polar surface area (TPSA) is 68.0 Å². The van der Waals surface area contributed by atoms with E-state index in [9.17, 15) is 4.79 Å². The molecule has 0 unspecified atom stereocenters. The molecule has 0 fully saturated rings. The van der Waals surface area contributed by atoms with Crippen LogP contribution in [0.15, 0.2) is 34.9 Å². The highest BCUT2D eigenvalue weighted by molar-refractivity contribution is 9.10. The van der Waals surface area contributed by atoms with Gasteiger partial charge in [0.2, 0.25) is 0 Å². The minimum absolute atomic E-state index is 0.0741. The Morgan fingerprint density at radius 3 is 2.87 bits per heavy atom. The van der Waals surface area contributed by atoms with Gasteiger partial charge in [0.25, 0.3) is 0 Å². The van der Waals surface area contributed by atoms with Crippen LogP contribution in [-0.4, -0.2) is 26.1 Å². The molecule has 0 saturated carbocycles. The maximum Gasteiger partial charge on any atom is 0.358 e. The van der Waals surface area contributed by atoms with Gasteiger partial charge in [-0.3, -0.25) is 0 Å². The van der Waals surface area contributed by atoms with E-state index < -0.39 is 5.97 Å². The molecule has 0 bridgehead atoms. The lowest BCUT2D eigenvalue weighted by molar-refractivity contribution is 0.0690. The van der Waals surface area contributed by atoms with E-state index in [1.165, 1.54) is 10.9 Å². The number of hydrogen-bond donors (Lipinski definition) is 1. The summed E-state index contributed by atoms with van der Waals surface area (Å²) >= 11 is 3.32. The molecule has 0 saturated heterocycles. The van der Waals surface area contributed by atoms with Crippen LogP contribution in [0.5, 0.6) is 0 Å². The number of rotatable bonds is 2. The molecule has 5 nitrogen and oxygen atoms in total. The molecule has 0 aliphatic carbocycles. The lowest BCUT2D eigenvalue weighted by Gasteiger charge is -1.98. The molecule has 1 aromatic heterocycles. The van der Waals surface area contributed by atoms with Crippen molar-refractivity contribution >= 4 is 21.9 Å². The Morgan fingerprint density at radius 2 is 2.27 bits per heavy atom. The van der Waals surface area contributed by atoms with Crippen molar-refractivity contribution < 1.29 is 9.90 Å². The monoisotopic (exact) mass is 267 g/mol. The Hall–Kier alpha value is -1.69. The summed E-state index contributed by atoms with van der Waals surface area (Å²) in [7, 11) is 0. The second-order valence-electron chi connectivity index (χ2n) is 2.83. The first-order valence-corrected chi connectivity index (χ1v) is 4.88. The van der Waals surface area contributed by atoms with E-state index in [2.05, 4.69) is 26.2 Å². The molecule has 1 N–H and O–H groups in total. The molecule has 1 heterocycles. The maximum atomic E-state index is 10.6. The van der Waals surface area contributed by atoms with Gasteiger partial charge in [-0.25, -0.2) is 9.48 Å². The molecule has 0 atom stereocenters. The van der Waals surface area contributed by atoms with Crippen molar-refractivity contribution in [3.8, 4) is 5.69 Å². The Kier molecular flexibility index (Phi) is 2.51. The quantitative estimate of drug-likeness (QED) is 0.900. The van der Waals surface area contributed by atoms with Gasteiger partial charge in [-0.1, -0.05) is 27.2 Å². The molecule has 2 rings (SSSR count). The summed E-state index contributed by atoms with van der Waals surface area (Å²) in [4.78, 5) is 10.6. The van der Waals surface area contributed by atoms with Crippen LogP contribution in [0.4, 0.5) is 0 Å². The number of carboxylic acids is 1. The van der Waals surface area contributed by atoms with E-state index in [1.54, 1.807) is 0 Å². The van der Waals surface area contributed by atoms with E-state index in [-0.39, 0.29) is 5.69 Å². The minimum Gasteiger partial charge on any atom is -0.476 e. The predicted octanol–water partition coefficient (Wildman–Crippen LogP) is 1.73. The zero-order valence-corrected chi connectivity index (χ0v) is 9.05. The van der Waals surface area contributed by atoms with Gasteiger partial charge in [0, 0.05) is 4.47 Å². The normalized spacial score (nSPS) is 10.2.